The average Bonchev–Trinajstić information content (AvgIpc) is 2.86. The van der Waals surface area contributed by atoms with E-state index in [0.717, 1.165) is 16.7 Å². The molecule has 0 saturated heterocycles. The van der Waals surface area contributed by atoms with Crippen LogP contribution in [0.2, 0.25) is 0 Å². The molecular weight excluding hydrogens is 432 g/mol. The zero-order valence-electron chi connectivity index (χ0n) is 17.6. The number of carbonyl (C=O) groups excluding carboxylic acids is 1. The number of aromatic nitrogens is 1. The standard InChI is InChI=1S/C26H22N4O2S/c27-23-8-4-5-9-24(23)29-26(31)17-11-19-10-16-25(28-18-19)30-33(32)22-14-12-21(13-15-22)20-6-2-1-3-7-20/h1-18H,27H2,(H,28,30)(H,29,31)/b17-11+. The Kier molecular flexibility index (Phi) is 6.92. The van der Waals surface area contributed by atoms with E-state index in [1.807, 2.05) is 54.6 Å². The van der Waals surface area contributed by atoms with Gasteiger partial charge < -0.3 is 11.1 Å². The van der Waals surface area contributed by atoms with Gasteiger partial charge in [0.15, 0.2) is 11.0 Å². The van der Waals surface area contributed by atoms with Gasteiger partial charge in [-0.05, 0) is 59.2 Å². The van der Waals surface area contributed by atoms with E-state index in [2.05, 4.69) is 15.0 Å². The highest BCUT2D eigenvalue weighted by Crippen LogP contribution is 2.21. The fourth-order valence-corrected chi connectivity index (χ4v) is 3.89. The van der Waals surface area contributed by atoms with Crippen LogP contribution in [-0.2, 0) is 15.8 Å². The molecule has 0 aliphatic rings. The summed E-state index contributed by atoms with van der Waals surface area (Å²) in [6.07, 6.45) is 4.65. The first kappa shape index (κ1) is 22.0. The van der Waals surface area contributed by atoms with Crippen molar-refractivity contribution >= 4 is 40.2 Å². The normalized spacial score (nSPS) is 11.8. The Morgan fingerprint density at radius 2 is 1.55 bits per heavy atom. The lowest BCUT2D eigenvalue weighted by Crippen LogP contribution is -2.09. The fourth-order valence-electron chi connectivity index (χ4n) is 3.08. The van der Waals surface area contributed by atoms with E-state index >= 15 is 0 Å². The van der Waals surface area contributed by atoms with E-state index in [9.17, 15) is 9.00 Å². The van der Waals surface area contributed by atoms with Crippen LogP contribution in [0.1, 0.15) is 5.56 Å². The second-order valence-electron chi connectivity index (χ2n) is 7.15. The molecule has 6 nitrogen and oxygen atoms in total. The second kappa shape index (κ2) is 10.4. The highest BCUT2D eigenvalue weighted by atomic mass is 32.2. The summed E-state index contributed by atoms with van der Waals surface area (Å²) in [5, 5.41) is 2.73. The van der Waals surface area contributed by atoms with Crippen LogP contribution >= 0.6 is 0 Å². The predicted octanol–water partition coefficient (Wildman–Crippen LogP) is 5.12. The second-order valence-corrected chi connectivity index (χ2v) is 8.36. The SMILES string of the molecule is Nc1ccccc1NC(=O)/C=C/c1ccc(NS(=O)c2ccc(-c3ccccc3)cc2)nc1. The van der Waals surface area contributed by atoms with Crippen LogP contribution in [0, 0.1) is 0 Å². The molecule has 164 valence electrons. The van der Waals surface area contributed by atoms with Gasteiger partial charge in [0.25, 0.3) is 0 Å². The maximum atomic E-state index is 12.6. The summed E-state index contributed by atoms with van der Waals surface area (Å²) in [6.45, 7) is 0. The van der Waals surface area contributed by atoms with Crippen LogP contribution in [0.5, 0.6) is 0 Å². The number of para-hydroxylation sites is 2. The number of nitrogen functional groups attached to an aromatic ring is 1. The molecule has 4 rings (SSSR count). The zero-order valence-corrected chi connectivity index (χ0v) is 18.5. The van der Waals surface area contributed by atoms with Gasteiger partial charge in [0.2, 0.25) is 5.91 Å². The maximum absolute atomic E-state index is 12.6. The number of hydrogen-bond acceptors (Lipinski definition) is 4. The van der Waals surface area contributed by atoms with Gasteiger partial charge in [-0.15, -0.1) is 0 Å². The molecule has 1 heterocycles. The molecule has 0 bridgehead atoms. The molecular formula is C26H22N4O2S. The van der Waals surface area contributed by atoms with Crippen LogP contribution in [0.3, 0.4) is 0 Å². The van der Waals surface area contributed by atoms with Gasteiger partial charge in [0.1, 0.15) is 5.82 Å². The first-order valence-electron chi connectivity index (χ1n) is 10.2. The van der Waals surface area contributed by atoms with E-state index in [1.165, 1.54) is 6.08 Å². The van der Waals surface area contributed by atoms with Gasteiger partial charge in [-0.25, -0.2) is 9.19 Å². The van der Waals surface area contributed by atoms with Crippen molar-refractivity contribution in [3.63, 3.8) is 0 Å². The van der Waals surface area contributed by atoms with Gasteiger partial charge in [-0.1, -0.05) is 54.6 Å². The average molecular weight is 455 g/mol. The number of rotatable bonds is 7. The van der Waals surface area contributed by atoms with Crippen molar-refractivity contribution in [2.24, 2.45) is 0 Å². The van der Waals surface area contributed by atoms with Crippen LogP contribution in [0.15, 0.2) is 108 Å². The van der Waals surface area contributed by atoms with Crippen LogP contribution in [-0.4, -0.2) is 15.1 Å². The molecule has 1 unspecified atom stereocenters. The van der Waals surface area contributed by atoms with Crippen molar-refractivity contribution in [3.05, 3.63) is 109 Å². The molecule has 1 amide bonds. The van der Waals surface area contributed by atoms with Crippen LogP contribution < -0.4 is 15.8 Å². The Bertz CT molecular complexity index is 1290. The van der Waals surface area contributed by atoms with E-state index < -0.39 is 11.0 Å². The van der Waals surface area contributed by atoms with E-state index in [1.54, 1.807) is 48.7 Å². The third-order valence-electron chi connectivity index (χ3n) is 4.80. The quantitative estimate of drug-likeness (QED) is 0.267. The highest BCUT2D eigenvalue weighted by molar-refractivity contribution is 7.86. The number of nitrogens with zero attached hydrogens (tertiary/aromatic N) is 1. The lowest BCUT2D eigenvalue weighted by Gasteiger charge is -2.07. The topological polar surface area (TPSA) is 97.1 Å². The number of pyridine rings is 1. The summed E-state index contributed by atoms with van der Waals surface area (Å²) >= 11 is 0. The number of nitrogens with two attached hydrogens (primary N) is 1. The third-order valence-corrected chi connectivity index (χ3v) is 5.90. The minimum Gasteiger partial charge on any atom is -0.397 e. The summed E-state index contributed by atoms with van der Waals surface area (Å²) < 4.78 is 15.5. The van der Waals surface area contributed by atoms with E-state index in [4.69, 9.17) is 5.73 Å². The number of anilines is 3. The molecule has 1 aromatic heterocycles. The van der Waals surface area contributed by atoms with Gasteiger partial charge in [-0.3, -0.25) is 9.52 Å². The molecule has 0 aliphatic heterocycles. The maximum Gasteiger partial charge on any atom is 0.248 e. The minimum atomic E-state index is -1.45. The summed E-state index contributed by atoms with van der Waals surface area (Å²) in [4.78, 5) is 17.0. The molecule has 1 atom stereocenters. The molecule has 0 aliphatic carbocycles. The highest BCUT2D eigenvalue weighted by Gasteiger charge is 2.06. The predicted molar refractivity (Wildman–Crippen MR) is 135 cm³/mol. The largest absolute Gasteiger partial charge is 0.397 e. The first-order valence-corrected chi connectivity index (χ1v) is 11.4. The Morgan fingerprint density at radius 3 is 2.24 bits per heavy atom. The third kappa shape index (κ3) is 5.93. The summed E-state index contributed by atoms with van der Waals surface area (Å²) in [5.41, 5.74) is 9.78. The van der Waals surface area contributed by atoms with Crippen molar-refractivity contribution in [3.8, 4) is 11.1 Å². The smallest absolute Gasteiger partial charge is 0.248 e. The summed E-state index contributed by atoms with van der Waals surface area (Å²) in [7, 11) is -1.45. The number of nitrogens with one attached hydrogen (secondary N) is 2. The Labute approximate surface area is 194 Å². The molecule has 0 fully saturated rings. The summed E-state index contributed by atoms with van der Waals surface area (Å²) in [6, 6.07) is 28.1. The molecule has 4 aromatic rings. The molecule has 0 radical (unpaired) electrons. The Balaban J connectivity index is 1.34. The van der Waals surface area contributed by atoms with E-state index in [-0.39, 0.29) is 5.91 Å². The molecule has 0 saturated carbocycles. The number of amides is 1. The van der Waals surface area contributed by atoms with Crippen LogP contribution in [0.25, 0.3) is 17.2 Å². The van der Waals surface area contributed by atoms with Crippen molar-refractivity contribution in [2.45, 2.75) is 4.90 Å². The lowest BCUT2D eigenvalue weighted by atomic mass is 10.1. The van der Waals surface area contributed by atoms with E-state index in [0.29, 0.717) is 22.1 Å². The minimum absolute atomic E-state index is 0.296. The molecule has 0 spiro atoms. The number of hydrogen-bond donors (Lipinski definition) is 3. The monoisotopic (exact) mass is 454 g/mol. The van der Waals surface area contributed by atoms with Gasteiger partial charge in [-0.2, -0.15) is 0 Å². The molecule has 3 aromatic carbocycles. The Morgan fingerprint density at radius 1 is 0.848 bits per heavy atom. The zero-order chi connectivity index (χ0) is 23.0. The summed E-state index contributed by atoms with van der Waals surface area (Å²) in [5.74, 6) is 0.175. The molecule has 4 N–H and O–H groups in total. The van der Waals surface area contributed by atoms with Gasteiger partial charge in [0.05, 0.1) is 16.3 Å². The number of carbonyl (C=O) groups is 1. The molecule has 33 heavy (non-hydrogen) atoms. The van der Waals surface area contributed by atoms with Crippen molar-refractivity contribution in [1.29, 1.82) is 0 Å². The Hall–Kier alpha value is -4.23. The van der Waals surface area contributed by atoms with Crippen molar-refractivity contribution in [1.82, 2.24) is 4.98 Å². The van der Waals surface area contributed by atoms with Crippen LogP contribution in [0.4, 0.5) is 17.2 Å². The first-order chi connectivity index (χ1) is 16.1. The number of benzene rings is 3. The van der Waals surface area contributed by atoms with Gasteiger partial charge >= 0.3 is 0 Å². The van der Waals surface area contributed by atoms with Crippen molar-refractivity contribution in [2.75, 3.05) is 15.8 Å². The lowest BCUT2D eigenvalue weighted by molar-refractivity contribution is -0.111. The fraction of sp³-hybridized carbons (Fsp3) is 0. The van der Waals surface area contributed by atoms with Gasteiger partial charge in [0, 0.05) is 12.3 Å². The molecule has 7 heteroatoms. The van der Waals surface area contributed by atoms with Crippen molar-refractivity contribution < 1.29 is 9.00 Å².